The third-order valence-electron chi connectivity index (χ3n) is 6.15. The van der Waals surface area contributed by atoms with Gasteiger partial charge in [0.25, 0.3) is 11.6 Å². The van der Waals surface area contributed by atoms with Crippen LogP contribution in [-0.2, 0) is 11.3 Å². The summed E-state index contributed by atoms with van der Waals surface area (Å²) in [6, 6.07) is 20.5. The summed E-state index contributed by atoms with van der Waals surface area (Å²) in [7, 11) is 0. The fourth-order valence-corrected chi connectivity index (χ4v) is 5.43. The molecule has 3 aromatic carbocycles. The van der Waals surface area contributed by atoms with Crippen LogP contribution in [0.1, 0.15) is 22.3 Å². The summed E-state index contributed by atoms with van der Waals surface area (Å²) in [6.45, 7) is 4.61. The molecule has 1 fully saturated rings. The molecule has 0 spiro atoms. The van der Waals surface area contributed by atoms with Gasteiger partial charge in [-0.2, -0.15) is 0 Å². The maximum atomic E-state index is 13.3. The van der Waals surface area contributed by atoms with Crippen molar-refractivity contribution in [3.63, 3.8) is 0 Å². The molecule has 1 saturated heterocycles. The van der Waals surface area contributed by atoms with Gasteiger partial charge in [0.1, 0.15) is 0 Å². The van der Waals surface area contributed by atoms with Crippen LogP contribution in [0, 0.1) is 24.0 Å². The summed E-state index contributed by atoms with van der Waals surface area (Å²) < 4.78 is 2.60. The second kappa shape index (κ2) is 9.13. The van der Waals surface area contributed by atoms with Crippen LogP contribution < -0.4 is 4.90 Å². The number of aryl methyl sites for hydroxylation is 2. The van der Waals surface area contributed by atoms with Gasteiger partial charge in [-0.15, -0.1) is 0 Å². The number of fused-ring (bicyclic) bond motifs is 1. The Balaban J connectivity index is 1.49. The summed E-state index contributed by atoms with van der Waals surface area (Å²) in [6.07, 6.45) is 3.91. The number of nitro benzene ring substituents is 1. The Bertz CT molecular complexity index is 1540. The monoisotopic (exact) mass is 499 g/mol. The molecule has 1 aliphatic heterocycles. The van der Waals surface area contributed by atoms with E-state index in [1.807, 2.05) is 68.6 Å². The maximum absolute atomic E-state index is 13.3. The van der Waals surface area contributed by atoms with Crippen LogP contribution in [0.25, 0.3) is 17.0 Å². The zero-order valence-electron chi connectivity index (χ0n) is 19.1. The van der Waals surface area contributed by atoms with Crippen molar-refractivity contribution in [2.75, 3.05) is 4.90 Å². The highest BCUT2D eigenvalue weighted by atomic mass is 32.2. The second-order valence-electron chi connectivity index (χ2n) is 8.44. The van der Waals surface area contributed by atoms with Crippen LogP contribution in [0.5, 0.6) is 0 Å². The van der Waals surface area contributed by atoms with Gasteiger partial charge in [-0.25, -0.2) is 0 Å². The number of hydrogen-bond acceptors (Lipinski definition) is 5. The molecule has 0 aliphatic carbocycles. The minimum Gasteiger partial charge on any atom is -0.342 e. The number of nitro groups is 1. The van der Waals surface area contributed by atoms with Crippen molar-refractivity contribution in [3.05, 3.63) is 110 Å². The van der Waals surface area contributed by atoms with Gasteiger partial charge in [-0.05, 0) is 54.8 Å². The Kier molecular flexibility index (Phi) is 6.00. The van der Waals surface area contributed by atoms with Crippen LogP contribution in [0.4, 0.5) is 11.4 Å². The summed E-state index contributed by atoms with van der Waals surface area (Å²) in [5.41, 5.74) is 6.00. The molecule has 8 heteroatoms. The molecule has 0 bridgehead atoms. The van der Waals surface area contributed by atoms with Crippen molar-refractivity contribution in [1.29, 1.82) is 0 Å². The summed E-state index contributed by atoms with van der Waals surface area (Å²) in [5, 5.41) is 12.0. The van der Waals surface area contributed by atoms with E-state index >= 15 is 0 Å². The number of thiocarbonyl (C=S) groups is 1. The van der Waals surface area contributed by atoms with Crippen LogP contribution in [0.2, 0.25) is 0 Å². The standard InChI is InChI=1S/C27H21N3O3S2/c1-17-7-10-22(13-18(17)2)29-26(31)25(35-27(29)34)14-20-16-28(24-6-4-3-5-23(20)24)15-19-8-11-21(12-9-19)30(32)33/h3-14,16H,15H2,1-2H3/b25-14-. The van der Waals surface area contributed by atoms with E-state index in [1.165, 1.54) is 23.9 Å². The molecule has 1 aliphatic rings. The van der Waals surface area contributed by atoms with E-state index in [2.05, 4.69) is 4.57 Å². The molecule has 1 aromatic heterocycles. The molecule has 0 atom stereocenters. The number of benzene rings is 3. The van der Waals surface area contributed by atoms with E-state index in [-0.39, 0.29) is 11.6 Å². The smallest absolute Gasteiger partial charge is 0.270 e. The number of thioether (sulfide) groups is 1. The van der Waals surface area contributed by atoms with E-state index in [0.717, 1.165) is 38.8 Å². The van der Waals surface area contributed by atoms with Gasteiger partial charge in [-0.1, -0.05) is 60.4 Å². The molecular weight excluding hydrogens is 478 g/mol. The lowest BCUT2D eigenvalue weighted by Gasteiger charge is -2.15. The van der Waals surface area contributed by atoms with Crippen LogP contribution in [0.3, 0.4) is 0 Å². The second-order valence-corrected chi connectivity index (χ2v) is 10.1. The quantitative estimate of drug-likeness (QED) is 0.134. The molecule has 6 nitrogen and oxygen atoms in total. The fraction of sp³-hybridized carbons (Fsp3) is 0.111. The number of anilines is 1. The lowest BCUT2D eigenvalue weighted by atomic mass is 10.1. The predicted octanol–water partition coefficient (Wildman–Crippen LogP) is 6.62. The molecule has 0 unspecified atom stereocenters. The highest BCUT2D eigenvalue weighted by Gasteiger charge is 2.33. The summed E-state index contributed by atoms with van der Waals surface area (Å²) >= 11 is 6.86. The van der Waals surface area contributed by atoms with Gasteiger partial charge < -0.3 is 4.57 Å². The first-order valence-electron chi connectivity index (χ1n) is 11.0. The normalized spacial score (nSPS) is 14.9. The first-order chi connectivity index (χ1) is 16.8. The molecule has 0 saturated carbocycles. The van der Waals surface area contributed by atoms with Crippen molar-refractivity contribution >= 4 is 62.6 Å². The molecule has 35 heavy (non-hydrogen) atoms. The first kappa shape index (κ1) is 23.0. The number of para-hydroxylation sites is 1. The van der Waals surface area contributed by atoms with E-state index in [0.29, 0.717) is 15.8 Å². The van der Waals surface area contributed by atoms with Gasteiger partial charge >= 0.3 is 0 Å². The average Bonchev–Trinajstić information content (AvgIpc) is 3.32. The molecule has 1 amide bonds. The summed E-state index contributed by atoms with van der Waals surface area (Å²) in [5.74, 6) is -0.129. The number of non-ortho nitro benzene ring substituents is 1. The molecule has 0 radical (unpaired) electrons. The number of nitrogens with zero attached hydrogens (tertiary/aromatic N) is 3. The third-order valence-corrected chi connectivity index (χ3v) is 7.45. The molecule has 4 aromatic rings. The van der Waals surface area contributed by atoms with Crippen molar-refractivity contribution < 1.29 is 9.72 Å². The average molecular weight is 500 g/mol. The molecule has 2 heterocycles. The van der Waals surface area contributed by atoms with Crippen molar-refractivity contribution in [2.24, 2.45) is 0 Å². The first-order valence-corrected chi connectivity index (χ1v) is 12.2. The van der Waals surface area contributed by atoms with Crippen molar-refractivity contribution in [3.8, 4) is 0 Å². The molecule has 5 rings (SSSR count). The topological polar surface area (TPSA) is 68.4 Å². The van der Waals surface area contributed by atoms with E-state index in [1.54, 1.807) is 17.0 Å². The lowest BCUT2D eigenvalue weighted by Crippen LogP contribution is -2.27. The Morgan fingerprint density at radius 1 is 1.03 bits per heavy atom. The number of carbonyl (C=O) groups excluding carboxylic acids is 1. The van der Waals surface area contributed by atoms with Crippen LogP contribution >= 0.6 is 24.0 Å². The zero-order chi connectivity index (χ0) is 24.7. The van der Waals surface area contributed by atoms with E-state index < -0.39 is 4.92 Å². The van der Waals surface area contributed by atoms with Crippen LogP contribution in [0.15, 0.2) is 77.8 Å². The van der Waals surface area contributed by atoms with Gasteiger partial charge in [0.2, 0.25) is 0 Å². The Hall–Kier alpha value is -3.75. The maximum Gasteiger partial charge on any atom is 0.270 e. The largest absolute Gasteiger partial charge is 0.342 e. The Labute approximate surface area is 212 Å². The molecule has 0 N–H and O–H groups in total. The third kappa shape index (κ3) is 4.38. The number of amides is 1. The number of rotatable bonds is 5. The van der Waals surface area contributed by atoms with Gasteiger partial charge in [0, 0.05) is 41.3 Å². The van der Waals surface area contributed by atoms with Crippen molar-refractivity contribution in [1.82, 2.24) is 4.57 Å². The zero-order valence-corrected chi connectivity index (χ0v) is 20.7. The highest BCUT2D eigenvalue weighted by molar-refractivity contribution is 8.27. The SMILES string of the molecule is Cc1ccc(N2C(=O)/C(=C/c3cn(Cc4ccc([N+](=O)[O-])cc4)c4ccccc34)SC2=S)cc1C. The summed E-state index contributed by atoms with van der Waals surface area (Å²) in [4.78, 5) is 26.1. The van der Waals surface area contributed by atoms with Crippen molar-refractivity contribution in [2.45, 2.75) is 20.4 Å². The fourth-order valence-electron chi connectivity index (χ4n) is 4.14. The van der Waals surface area contributed by atoms with E-state index in [9.17, 15) is 14.9 Å². The Morgan fingerprint density at radius 2 is 1.77 bits per heavy atom. The molecular formula is C27H21N3O3S2. The number of hydrogen-bond donors (Lipinski definition) is 0. The van der Waals surface area contributed by atoms with Gasteiger partial charge in [0.15, 0.2) is 4.32 Å². The Morgan fingerprint density at radius 3 is 2.49 bits per heavy atom. The van der Waals surface area contributed by atoms with Crippen LogP contribution in [-0.4, -0.2) is 19.7 Å². The van der Waals surface area contributed by atoms with Gasteiger partial charge in [0.05, 0.1) is 15.5 Å². The minimum atomic E-state index is -0.402. The lowest BCUT2D eigenvalue weighted by molar-refractivity contribution is -0.384. The predicted molar refractivity (Wildman–Crippen MR) is 146 cm³/mol. The molecule has 174 valence electrons. The minimum absolute atomic E-state index is 0.0672. The number of carbonyl (C=O) groups is 1. The van der Waals surface area contributed by atoms with Gasteiger partial charge in [-0.3, -0.25) is 19.8 Å². The number of aromatic nitrogens is 1. The highest BCUT2D eigenvalue weighted by Crippen LogP contribution is 2.37. The van der Waals surface area contributed by atoms with E-state index in [4.69, 9.17) is 12.2 Å².